The molecule has 1 amide bonds. The quantitative estimate of drug-likeness (QED) is 0.807. The zero-order valence-corrected chi connectivity index (χ0v) is 13.9. The maximum absolute atomic E-state index is 12.5. The molecule has 2 aromatic rings. The second-order valence-electron chi connectivity index (χ2n) is 5.91. The minimum Gasteiger partial charge on any atom is -0.324 e. The standard InChI is InChI=1S/C18H20ClN3O/c1-11-6-5-7-12(2)17(11)20-18(23)16-10-15(21-22-16)13-8-3-4-9-14(13)19/h3-9,15-16,21-22H,10H2,1-2H3,(H,20,23). The Morgan fingerprint density at radius 2 is 1.78 bits per heavy atom. The van der Waals surface area contributed by atoms with E-state index in [-0.39, 0.29) is 18.0 Å². The monoisotopic (exact) mass is 329 g/mol. The molecule has 1 aliphatic heterocycles. The van der Waals surface area contributed by atoms with Crippen LogP contribution < -0.4 is 16.2 Å². The van der Waals surface area contributed by atoms with Crippen molar-refractivity contribution in [2.45, 2.75) is 32.4 Å². The van der Waals surface area contributed by atoms with Crippen molar-refractivity contribution >= 4 is 23.2 Å². The summed E-state index contributed by atoms with van der Waals surface area (Å²) in [5.74, 6) is -0.0375. The Morgan fingerprint density at radius 3 is 2.48 bits per heavy atom. The molecule has 0 spiro atoms. The van der Waals surface area contributed by atoms with Crippen LogP contribution >= 0.6 is 11.6 Å². The molecule has 1 aliphatic rings. The van der Waals surface area contributed by atoms with Gasteiger partial charge in [0, 0.05) is 16.8 Å². The van der Waals surface area contributed by atoms with Crippen LogP contribution in [-0.2, 0) is 4.79 Å². The maximum Gasteiger partial charge on any atom is 0.242 e. The fraction of sp³-hybridized carbons (Fsp3) is 0.278. The molecule has 3 N–H and O–H groups in total. The number of aryl methyl sites for hydroxylation is 2. The number of carbonyl (C=O) groups is 1. The zero-order chi connectivity index (χ0) is 16.4. The Labute approximate surface area is 141 Å². The first kappa shape index (κ1) is 16.0. The number of nitrogens with one attached hydrogen (secondary N) is 3. The summed E-state index contributed by atoms with van der Waals surface area (Å²) in [6.07, 6.45) is 0.653. The number of benzene rings is 2. The van der Waals surface area contributed by atoms with Gasteiger partial charge in [-0.1, -0.05) is 48.0 Å². The smallest absolute Gasteiger partial charge is 0.242 e. The van der Waals surface area contributed by atoms with Crippen LogP contribution in [-0.4, -0.2) is 11.9 Å². The van der Waals surface area contributed by atoms with Crippen LogP contribution in [0.5, 0.6) is 0 Å². The van der Waals surface area contributed by atoms with Gasteiger partial charge in [-0.2, -0.15) is 0 Å². The van der Waals surface area contributed by atoms with Crippen LogP contribution in [0.3, 0.4) is 0 Å². The summed E-state index contributed by atoms with van der Waals surface area (Å²) in [7, 11) is 0. The highest BCUT2D eigenvalue weighted by molar-refractivity contribution is 6.31. The van der Waals surface area contributed by atoms with Crippen LogP contribution in [0.2, 0.25) is 5.02 Å². The lowest BCUT2D eigenvalue weighted by Crippen LogP contribution is -2.39. The first-order valence-electron chi connectivity index (χ1n) is 7.69. The minimum atomic E-state index is -0.296. The van der Waals surface area contributed by atoms with Crippen LogP contribution in [0.4, 0.5) is 5.69 Å². The fourth-order valence-corrected chi connectivity index (χ4v) is 3.18. The molecule has 0 aliphatic carbocycles. The van der Waals surface area contributed by atoms with Crippen LogP contribution in [0.25, 0.3) is 0 Å². The third-order valence-electron chi connectivity index (χ3n) is 4.23. The lowest BCUT2D eigenvalue weighted by atomic mass is 10.0. The molecule has 3 rings (SSSR count). The Kier molecular flexibility index (Phi) is 4.66. The zero-order valence-electron chi connectivity index (χ0n) is 13.2. The van der Waals surface area contributed by atoms with E-state index in [1.807, 2.05) is 56.3 Å². The first-order valence-corrected chi connectivity index (χ1v) is 8.06. The van der Waals surface area contributed by atoms with Gasteiger partial charge in [-0.15, -0.1) is 0 Å². The highest BCUT2D eigenvalue weighted by Crippen LogP contribution is 2.29. The predicted molar refractivity (Wildman–Crippen MR) is 93.4 cm³/mol. The second-order valence-corrected chi connectivity index (χ2v) is 6.31. The summed E-state index contributed by atoms with van der Waals surface area (Å²) in [6.45, 7) is 3.99. The second kappa shape index (κ2) is 6.71. The molecule has 0 aromatic heterocycles. The Hall–Kier alpha value is -1.88. The van der Waals surface area contributed by atoms with E-state index in [1.54, 1.807) is 0 Å². The van der Waals surface area contributed by atoms with E-state index >= 15 is 0 Å². The Morgan fingerprint density at radius 1 is 1.09 bits per heavy atom. The lowest BCUT2D eigenvalue weighted by Gasteiger charge is -2.14. The van der Waals surface area contributed by atoms with Crippen LogP contribution in [0, 0.1) is 13.8 Å². The number of para-hydroxylation sites is 1. The van der Waals surface area contributed by atoms with Crippen molar-refractivity contribution in [3.05, 3.63) is 64.2 Å². The molecule has 1 saturated heterocycles. The van der Waals surface area contributed by atoms with E-state index in [2.05, 4.69) is 16.2 Å². The van der Waals surface area contributed by atoms with Gasteiger partial charge < -0.3 is 5.32 Å². The highest BCUT2D eigenvalue weighted by atomic mass is 35.5. The van der Waals surface area contributed by atoms with Crippen LogP contribution in [0.15, 0.2) is 42.5 Å². The summed E-state index contributed by atoms with van der Waals surface area (Å²) in [5.41, 5.74) is 10.3. The van der Waals surface area contributed by atoms with Gasteiger partial charge in [-0.25, -0.2) is 10.9 Å². The number of hydrogen-bond acceptors (Lipinski definition) is 3. The fourth-order valence-electron chi connectivity index (χ4n) is 2.91. The Balaban J connectivity index is 1.70. The summed E-state index contributed by atoms with van der Waals surface area (Å²) >= 11 is 6.23. The van der Waals surface area contributed by atoms with E-state index in [9.17, 15) is 4.79 Å². The molecule has 0 bridgehead atoms. The largest absolute Gasteiger partial charge is 0.324 e. The number of carbonyl (C=O) groups excluding carboxylic acids is 1. The van der Waals surface area contributed by atoms with Gasteiger partial charge in [0.2, 0.25) is 5.91 Å². The predicted octanol–water partition coefficient (Wildman–Crippen LogP) is 3.50. The van der Waals surface area contributed by atoms with Crippen molar-refractivity contribution < 1.29 is 4.79 Å². The molecule has 1 fully saturated rings. The first-order chi connectivity index (χ1) is 11.1. The number of hydrazine groups is 1. The van der Waals surface area contributed by atoms with E-state index in [0.717, 1.165) is 22.4 Å². The molecule has 120 valence electrons. The van der Waals surface area contributed by atoms with Gasteiger partial charge in [-0.05, 0) is 43.0 Å². The van der Waals surface area contributed by atoms with E-state index in [1.165, 1.54) is 0 Å². The van der Waals surface area contributed by atoms with Crippen molar-refractivity contribution in [2.24, 2.45) is 0 Å². The summed E-state index contributed by atoms with van der Waals surface area (Å²) in [5, 5.41) is 3.74. The van der Waals surface area contributed by atoms with Crippen molar-refractivity contribution in [1.82, 2.24) is 10.9 Å². The molecule has 0 saturated carbocycles. The molecular weight excluding hydrogens is 310 g/mol. The molecule has 2 aromatic carbocycles. The SMILES string of the molecule is Cc1cccc(C)c1NC(=O)C1CC(c2ccccc2Cl)NN1. The van der Waals surface area contributed by atoms with Gasteiger partial charge >= 0.3 is 0 Å². The molecule has 1 heterocycles. The van der Waals surface area contributed by atoms with Crippen molar-refractivity contribution in [3.63, 3.8) is 0 Å². The average molecular weight is 330 g/mol. The third kappa shape index (κ3) is 3.39. The average Bonchev–Trinajstić information content (AvgIpc) is 3.01. The minimum absolute atomic E-state index is 0.0254. The molecule has 0 radical (unpaired) electrons. The molecular formula is C18H20ClN3O. The van der Waals surface area contributed by atoms with E-state index < -0.39 is 0 Å². The summed E-state index contributed by atoms with van der Waals surface area (Å²) in [4.78, 5) is 12.5. The molecule has 2 unspecified atom stereocenters. The van der Waals surface area contributed by atoms with E-state index in [4.69, 9.17) is 11.6 Å². The molecule has 2 atom stereocenters. The lowest BCUT2D eigenvalue weighted by molar-refractivity contribution is -0.117. The number of anilines is 1. The van der Waals surface area contributed by atoms with Crippen molar-refractivity contribution in [3.8, 4) is 0 Å². The number of halogens is 1. The number of amides is 1. The van der Waals surface area contributed by atoms with Crippen molar-refractivity contribution in [1.29, 1.82) is 0 Å². The summed E-state index contributed by atoms with van der Waals surface area (Å²) in [6, 6.07) is 13.4. The third-order valence-corrected chi connectivity index (χ3v) is 4.57. The molecule has 5 heteroatoms. The van der Waals surface area contributed by atoms with Gasteiger partial charge in [0.05, 0.1) is 0 Å². The van der Waals surface area contributed by atoms with E-state index in [0.29, 0.717) is 11.4 Å². The molecule has 4 nitrogen and oxygen atoms in total. The van der Waals surface area contributed by atoms with Crippen molar-refractivity contribution in [2.75, 3.05) is 5.32 Å². The number of hydrogen-bond donors (Lipinski definition) is 3. The van der Waals surface area contributed by atoms with Gasteiger partial charge in [0.1, 0.15) is 6.04 Å². The Bertz CT molecular complexity index is 712. The normalized spacial score (nSPS) is 20.5. The summed E-state index contributed by atoms with van der Waals surface area (Å²) < 4.78 is 0. The van der Waals surface area contributed by atoms with Gasteiger partial charge in [0.15, 0.2) is 0 Å². The topological polar surface area (TPSA) is 53.2 Å². The number of rotatable bonds is 3. The van der Waals surface area contributed by atoms with Crippen LogP contribution in [0.1, 0.15) is 29.2 Å². The van der Waals surface area contributed by atoms with Gasteiger partial charge in [-0.3, -0.25) is 4.79 Å². The molecule has 23 heavy (non-hydrogen) atoms. The maximum atomic E-state index is 12.5. The van der Waals surface area contributed by atoms with Gasteiger partial charge in [0.25, 0.3) is 0 Å². The highest BCUT2D eigenvalue weighted by Gasteiger charge is 2.31.